The average molecular weight is 624 g/mol. The summed E-state index contributed by atoms with van der Waals surface area (Å²) in [5, 5.41) is 1.35. The molecule has 1 aromatic heterocycles. The van der Waals surface area contributed by atoms with Crippen LogP contribution in [0.5, 0.6) is 0 Å². The molecule has 3 saturated heterocycles. The monoisotopic (exact) mass is 623 g/mol. The number of amides is 1. The Morgan fingerprint density at radius 3 is 2.60 bits per heavy atom. The molecular formula is C32H35ClFN5O3S. The van der Waals surface area contributed by atoms with Crippen LogP contribution in [0, 0.1) is 11.2 Å². The molecule has 1 amide bonds. The summed E-state index contributed by atoms with van der Waals surface area (Å²) in [4.78, 5) is 38.4. The zero-order valence-corrected chi connectivity index (χ0v) is 25.8. The van der Waals surface area contributed by atoms with Gasteiger partial charge in [-0.2, -0.15) is 4.98 Å². The van der Waals surface area contributed by atoms with E-state index in [1.54, 1.807) is 28.8 Å². The minimum atomic E-state index is -0.315. The van der Waals surface area contributed by atoms with E-state index in [1.807, 2.05) is 17.6 Å². The molecule has 1 spiro atoms. The Labute approximate surface area is 259 Å². The molecule has 43 heavy (non-hydrogen) atoms. The summed E-state index contributed by atoms with van der Waals surface area (Å²) in [7, 11) is 0. The van der Waals surface area contributed by atoms with Crippen molar-refractivity contribution >= 4 is 46.0 Å². The van der Waals surface area contributed by atoms with E-state index in [0.717, 1.165) is 72.6 Å². The lowest BCUT2D eigenvalue weighted by molar-refractivity contribution is -0.140. The number of carbonyl (C=O) groups is 1. The van der Waals surface area contributed by atoms with E-state index in [9.17, 15) is 14.0 Å². The van der Waals surface area contributed by atoms with Gasteiger partial charge in [-0.1, -0.05) is 30.3 Å². The molecule has 0 aliphatic carbocycles. The molecule has 0 bridgehead atoms. The number of nitrogens with zero attached hydrogens (tertiary/aromatic N) is 5. The van der Waals surface area contributed by atoms with Gasteiger partial charge < -0.3 is 19.4 Å². The van der Waals surface area contributed by atoms with E-state index < -0.39 is 0 Å². The highest BCUT2D eigenvalue weighted by Gasteiger charge is 2.42. The third-order valence-corrected chi connectivity index (χ3v) is 11.1. The van der Waals surface area contributed by atoms with Gasteiger partial charge >= 0.3 is 5.69 Å². The molecule has 0 saturated carbocycles. The molecule has 2 aromatic carbocycles. The highest BCUT2D eigenvalue weighted by Crippen LogP contribution is 2.48. The van der Waals surface area contributed by atoms with Gasteiger partial charge in [0.05, 0.1) is 29.8 Å². The molecule has 3 aromatic rings. The summed E-state index contributed by atoms with van der Waals surface area (Å²) < 4.78 is 21.3. The number of ether oxygens (including phenoxy) is 1. The minimum Gasteiger partial charge on any atom is -0.380 e. The smallest absolute Gasteiger partial charge is 0.350 e. The first-order valence-corrected chi connectivity index (χ1v) is 16.3. The van der Waals surface area contributed by atoms with Crippen LogP contribution in [0.1, 0.15) is 25.8 Å². The topological polar surface area (TPSA) is 70.9 Å². The van der Waals surface area contributed by atoms with Crippen LogP contribution >= 0.6 is 23.4 Å². The van der Waals surface area contributed by atoms with Crippen molar-refractivity contribution in [3.63, 3.8) is 0 Å². The van der Waals surface area contributed by atoms with Crippen molar-refractivity contribution in [2.75, 3.05) is 63.1 Å². The van der Waals surface area contributed by atoms with Crippen molar-refractivity contribution in [3.05, 3.63) is 64.3 Å². The fourth-order valence-corrected chi connectivity index (χ4v) is 8.79. The van der Waals surface area contributed by atoms with Crippen LogP contribution in [0.4, 0.5) is 10.2 Å². The maximum Gasteiger partial charge on any atom is 0.350 e. The van der Waals surface area contributed by atoms with Crippen LogP contribution in [0.15, 0.2) is 52.7 Å². The van der Waals surface area contributed by atoms with Crippen LogP contribution in [0.3, 0.4) is 0 Å². The Kier molecular flexibility index (Phi) is 7.52. The van der Waals surface area contributed by atoms with Gasteiger partial charge in [0.25, 0.3) is 0 Å². The predicted octanol–water partition coefficient (Wildman–Crippen LogP) is 4.84. The summed E-state index contributed by atoms with van der Waals surface area (Å²) in [6.07, 6.45) is 3.58. The van der Waals surface area contributed by atoms with E-state index in [0.29, 0.717) is 41.6 Å². The number of hydrogen-bond acceptors (Lipinski definition) is 7. The Bertz CT molecular complexity index is 1650. The van der Waals surface area contributed by atoms with Crippen molar-refractivity contribution in [3.8, 4) is 11.1 Å². The molecule has 226 valence electrons. The molecule has 4 aliphatic heterocycles. The van der Waals surface area contributed by atoms with Gasteiger partial charge in [0, 0.05) is 59.2 Å². The first kappa shape index (κ1) is 28.8. The van der Waals surface area contributed by atoms with Gasteiger partial charge in [0.1, 0.15) is 11.6 Å². The first-order chi connectivity index (χ1) is 20.8. The van der Waals surface area contributed by atoms with Crippen LogP contribution in [-0.2, 0) is 9.53 Å². The minimum absolute atomic E-state index is 0.0533. The first-order valence-electron chi connectivity index (χ1n) is 14.9. The molecule has 8 nitrogen and oxygen atoms in total. The molecule has 11 heteroatoms. The van der Waals surface area contributed by atoms with Crippen LogP contribution < -0.4 is 10.6 Å². The summed E-state index contributed by atoms with van der Waals surface area (Å²) in [5.74, 6) is 0.886. The SMILES string of the molecule is C=CC(=O)N1CCN(c2nc(=O)n3c4c(c(-c5ccc(F)cc5)c(Cl)cc24)SC[C@@H]3CN2CCC3(CC2)COC3)[C@@H](C)C1. The third kappa shape index (κ3) is 5.06. The number of halogens is 2. The second-order valence-electron chi connectivity index (χ2n) is 12.3. The molecule has 3 fully saturated rings. The van der Waals surface area contributed by atoms with E-state index in [2.05, 4.69) is 16.4 Å². The summed E-state index contributed by atoms with van der Waals surface area (Å²) in [5.41, 5.74) is 2.51. The highest BCUT2D eigenvalue weighted by molar-refractivity contribution is 7.99. The molecule has 4 aliphatic rings. The van der Waals surface area contributed by atoms with Crippen molar-refractivity contribution in [1.29, 1.82) is 0 Å². The van der Waals surface area contributed by atoms with Gasteiger partial charge in [-0.05, 0) is 62.7 Å². The normalized spacial score (nSPS) is 23.4. The van der Waals surface area contributed by atoms with Crippen LogP contribution in [0.2, 0.25) is 5.02 Å². The van der Waals surface area contributed by atoms with E-state index in [-0.39, 0.29) is 29.5 Å². The zero-order chi connectivity index (χ0) is 29.9. The lowest BCUT2D eigenvalue weighted by atomic mass is 9.77. The lowest BCUT2D eigenvalue weighted by Gasteiger charge is -2.48. The number of piperazine rings is 1. The number of benzene rings is 2. The summed E-state index contributed by atoms with van der Waals surface area (Å²) in [6.45, 7) is 11.7. The van der Waals surface area contributed by atoms with Crippen molar-refractivity contribution in [2.45, 2.75) is 36.7 Å². The fraction of sp³-hybridized carbons (Fsp3) is 0.469. The summed E-state index contributed by atoms with van der Waals surface area (Å²) in [6, 6.07) is 8.14. The number of anilines is 1. The number of likely N-dealkylation sites (tertiary alicyclic amines) is 1. The Morgan fingerprint density at radius 1 is 1.21 bits per heavy atom. The number of hydrogen-bond donors (Lipinski definition) is 0. The number of rotatable bonds is 5. The Balaban J connectivity index is 1.32. The Morgan fingerprint density at radius 2 is 1.95 bits per heavy atom. The van der Waals surface area contributed by atoms with Gasteiger partial charge in [0.15, 0.2) is 0 Å². The summed E-state index contributed by atoms with van der Waals surface area (Å²) >= 11 is 8.73. The largest absolute Gasteiger partial charge is 0.380 e. The predicted molar refractivity (Wildman–Crippen MR) is 169 cm³/mol. The number of thioether (sulfide) groups is 1. The quantitative estimate of drug-likeness (QED) is 0.377. The number of aromatic nitrogens is 2. The molecule has 2 atom stereocenters. The van der Waals surface area contributed by atoms with Crippen LogP contribution in [0.25, 0.3) is 22.0 Å². The van der Waals surface area contributed by atoms with Gasteiger partial charge in [-0.15, -0.1) is 11.8 Å². The average Bonchev–Trinajstić information content (AvgIpc) is 2.99. The molecular weight excluding hydrogens is 589 g/mol. The number of carbonyl (C=O) groups excluding carboxylic acids is 1. The van der Waals surface area contributed by atoms with E-state index >= 15 is 0 Å². The maximum absolute atomic E-state index is 14.0. The lowest BCUT2D eigenvalue weighted by Crippen LogP contribution is -2.54. The van der Waals surface area contributed by atoms with Crippen molar-refractivity contribution in [2.24, 2.45) is 5.41 Å². The third-order valence-electron chi connectivity index (χ3n) is 9.60. The molecule has 7 rings (SSSR count). The van der Waals surface area contributed by atoms with Crippen molar-refractivity contribution in [1.82, 2.24) is 19.4 Å². The second-order valence-corrected chi connectivity index (χ2v) is 13.8. The number of piperidine rings is 1. The van der Waals surface area contributed by atoms with Gasteiger partial charge in [0.2, 0.25) is 5.91 Å². The maximum atomic E-state index is 14.0. The molecule has 0 unspecified atom stereocenters. The standard InChI is InChI=1S/C32H35ClFN5O3S/c1-3-26(40)37-12-13-38(20(2)15-37)30-24-14-25(33)27(21-4-6-22(34)7-5-21)29-28(24)39(31(41)35-30)23(17-43-29)16-36-10-8-32(9-11-36)18-42-19-32/h3-7,14,20,23H,1,8-13,15-19H2,2H3/t20-,23-/m0/s1. The fourth-order valence-electron chi connectivity index (χ4n) is 7.09. The second kappa shape index (κ2) is 11.2. The van der Waals surface area contributed by atoms with E-state index in [4.69, 9.17) is 21.3 Å². The Hall–Kier alpha value is -2.92. The van der Waals surface area contributed by atoms with Gasteiger partial charge in [-0.3, -0.25) is 9.36 Å². The van der Waals surface area contributed by atoms with E-state index in [1.165, 1.54) is 18.2 Å². The van der Waals surface area contributed by atoms with Crippen LogP contribution in [-0.4, -0.2) is 89.5 Å². The molecule has 0 radical (unpaired) electrons. The molecule has 0 N–H and O–H groups in total. The van der Waals surface area contributed by atoms with Gasteiger partial charge in [-0.25, -0.2) is 9.18 Å². The molecule has 5 heterocycles. The van der Waals surface area contributed by atoms with Crippen molar-refractivity contribution < 1.29 is 13.9 Å². The highest BCUT2D eigenvalue weighted by atomic mass is 35.5. The zero-order valence-electron chi connectivity index (χ0n) is 24.2.